The molecule has 0 aromatic heterocycles. The molecule has 0 aliphatic rings. The Balaban J connectivity index is 2.14. The van der Waals surface area contributed by atoms with Gasteiger partial charge >= 0.3 is 11.9 Å². The molecule has 0 fully saturated rings. The second-order valence-electron chi connectivity index (χ2n) is 6.36. The van der Waals surface area contributed by atoms with Gasteiger partial charge in [0, 0.05) is 5.88 Å². The maximum Gasteiger partial charge on any atom is 0.311 e. The van der Waals surface area contributed by atoms with E-state index in [0.717, 1.165) is 56.4 Å². The number of hydrogen-bond acceptors (Lipinski definition) is 4. The van der Waals surface area contributed by atoms with E-state index < -0.39 is 5.97 Å². The molecule has 146 valence electrons. The molecule has 0 atom stereocenters. The van der Waals surface area contributed by atoms with Crippen molar-refractivity contribution in [2.75, 3.05) is 12.5 Å². The van der Waals surface area contributed by atoms with Crippen LogP contribution in [0.5, 0.6) is 5.75 Å². The van der Waals surface area contributed by atoms with E-state index in [1.54, 1.807) is 6.07 Å². The van der Waals surface area contributed by atoms with Gasteiger partial charge in [-0.15, -0.1) is 11.6 Å². The largest absolute Gasteiger partial charge is 0.466 e. The average molecular weight is 383 g/mol. The van der Waals surface area contributed by atoms with Crippen molar-refractivity contribution < 1.29 is 19.1 Å². The summed E-state index contributed by atoms with van der Waals surface area (Å²) in [6.45, 7) is 2.50. The molecule has 0 N–H and O–H groups in total. The van der Waals surface area contributed by atoms with Crippen molar-refractivity contribution in [3.63, 3.8) is 0 Å². The lowest BCUT2D eigenvalue weighted by atomic mass is 10.1. The van der Waals surface area contributed by atoms with Crippen molar-refractivity contribution in [1.82, 2.24) is 0 Å². The number of rotatable bonds is 14. The summed E-state index contributed by atoms with van der Waals surface area (Å²) >= 11 is 5.63. The molecular formula is C21H31ClO4. The molecular weight excluding hydrogens is 352 g/mol. The minimum absolute atomic E-state index is 0.0394. The first kappa shape index (κ1) is 22.5. The first-order valence-electron chi connectivity index (χ1n) is 9.67. The second kappa shape index (κ2) is 14.6. The normalized spacial score (nSPS) is 10.5. The Bertz CT molecular complexity index is 530. The predicted octanol–water partition coefficient (Wildman–Crippen LogP) is 5.45. The van der Waals surface area contributed by atoms with Crippen LogP contribution in [0.2, 0.25) is 0 Å². The third-order valence-corrected chi connectivity index (χ3v) is 4.31. The summed E-state index contributed by atoms with van der Waals surface area (Å²) in [6, 6.07) is 7.51. The maximum atomic E-state index is 11.9. The van der Waals surface area contributed by atoms with Crippen LogP contribution in [0.15, 0.2) is 24.3 Å². The monoisotopic (exact) mass is 382 g/mol. The van der Waals surface area contributed by atoms with Crippen LogP contribution in [0.4, 0.5) is 0 Å². The van der Waals surface area contributed by atoms with Crippen LogP contribution in [0.25, 0.3) is 0 Å². The molecule has 1 rings (SSSR count). The van der Waals surface area contributed by atoms with Gasteiger partial charge in [0.25, 0.3) is 0 Å². The number of alkyl halides is 1. The lowest BCUT2D eigenvalue weighted by Gasteiger charge is -2.09. The Morgan fingerprint density at radius 2 is 1.58 bits per heavy atom. The lowest BCUT2D eigenvalue weighted by molar-refractivity contribution is -0.147. The SMILES string of the molecule is CCCc1ccccc1OC(=O)CCC(=O)OCCCCCCCCCl. The molecule has 0 saturated carbocycles. The van der Waals surface area contributed by atoms with Crippen LogP contribution >= 0.6 is 11.6 Å². The molecule has 0 radical (unpaired) electrons. The number of unbranched alkanes of at least 4 members (excludes halogenated alkanes) is 5. The van der Waals surface area contributed by atoms with Gasteiger partial charge in [0.2, 0.25) is 0 Å². The molecule has 0 unspecified atom stereocenters. The number of carbonyl (C=O) groups excluding carboxylic acids is 2. The fourth-order valence-corrected chi connectivity index (χ4v) is 2.81. The number of aryl methyl sites for hydroxylation is 1. The van der Waals surface area contributed by atoms with Gasteiger partial charge < -0.3 is 9.47 Å². The van der Waals surface area contributed by atoms with E-state index in [-0.39, 0.29) is 18.8 Å². The summed E-state index contributed by atoms with van der Waals surface area (Å²) in [4.78, 5) is 23.6. The zero-order valence-corrected chi connectivity index (χ0v) is 16.6. The summed E-state index contributed by atoms with van der Waals surface area (Å²) in [5.74, 6) is 0.571. The fourth-order valence-electron chi connectivity index (χ4n) is 2.62. The number of halogens is 1. The van der Waals surface area contributed by atoms with Gasteiger partial charge in [-0.1, -0.05) is 57.2 Å². The minimum atomic E-state index is -0.398. The number of benzene rings is 1. The van der Waals surface area contributed by atoms with Gasteiger partial charge in [0.05, 0.1) is 19.4 Å². The highest BCUT2D eigenvalue weighted by Crippen LogP contribution is 2.20. The Kier molecular flexibility index (Phi) is 12.6. The summed E-state index contributed by atoms with van der Waals surface area (Å²) < 4.78 is 10.5. The predicted molar refractivity (Wildman–Crippen MR) is 105 cm³/mol. The molecule has 0 heterocycles. The van der Waals surface area contributed by atoms with Gasteiger partial charge in [-0.3, -0.25) is 9.59 Å². The molecule has 0 saturated heterocycles. The van der Waals surface area contributed by atoms with E-state index in [1.807, 2.05) is 18.2 Å². The standard InChI is InChI=1S/C21H31ClO4/c1-2-11-18-12-7-8-13-19(18)26-21(24)15-14-20(23)25-17-10-6-4-3-5-9-16-22/h7-8,12-13H,2-6,9-11,14-17H2,1H3. The van der Waals surface area contributed by atoms with Crippen LogP contribution in [0.3, 0.4) is 0 Å². The lowest BCUT2D eigenvalue weighted by Crippen LogP contribution is -2.13. The van der Waals surface area contributed by atoms with E-state index >= 15 is 0 Å². The Labute approximate surface area is 162 Å². The number of para-hydroxylation sites is 1. The molecule has 1 aromatic rings. The Hall–Kier alpha value is -1.55. The van der Waals surface area contributed by atoms with Crippen LogP contribution in [-0.4, -0.2) is 24.4 Å². The van der Waals surface area contributed by atoms with E-state index in [2.05, 4.69) is 6.92 Å². The molecule has 0 aliphatic heterocycles. The van der Waals surface area contributed by atoms with Crippen LogP contribution in [-0.2, 0) is 20.7 Å². The first-order chi connectivity index (χ1) is 12.7. The van der Waals surface area contributed by atoms with Crippen LogP contribution in [0, 0.1) is 0 Å². The van der Waals surface area contributed by atoms with Crippen molar-refractivity contribution in [1.29, 1.82) is 0 Å². The average Bonchev–Trinajstić information content (AvgIpc) is 2.64. The van der Waals surface area contributed by atoms with E-state index in [0.29, 0.717) is 12.4 Å². The summed E-state index contributed by atoms with van der Waals surface area (Å²) in [6.07, 6.45) is 8.38. The third-order valence-electron chi connectivity index (χ3n) is 4.04. The van der Waals surface area contributed by atoms with Crippen molar-refractivity contribution in [3.8, 4) is 5.75 Å². The zero-order chi connectivity index (χ0) is 19.0. The molecule has 0 amide bonds. The van der Waals surface area contributed by atoms with Gasteiger partial charge in [0.15, 0.2) is 0 Å². The summed E-state index contributed by atoms with van der Waals surface area (Å²) in [5, 5.41) is 0. The smallest absolute Gasteiger partial charge is 0.311 e. The quantitative estimate of drug-likeness (QED) is 0.186. The Morgan fingerprint density at radius 3 is 2.31 bits per heavy atom. The summed E-state index contributed by atoms with van der Waals surface area (Å²) in [7, 11) is 0. The topological polar surface area (TPSA) is 52.6 Å². The number of carbonyl (C=O) groups is 2. The zero-order valence-electron chi connectivity index (χ0n) is 15.8. The van der Waals surface area contributed by atoms with Crippen molar-refractivity contribution in [3.05, 3.63) is 29.8 Å². The number of hydrogen-bond donors (Lipinski definition) is 0. The highest BCUT2D eigenvalue weighted by molar-refractivity contribution is 6.17. The van der Waals surface area contributed by atoms with Gasteiger partial charge in [-0.2, -0.15) is 0 Å². The van der Waals surface area contributed by atoms with Crippen molar-refractivity contribution in [2.24, 2.45) is 0 Å². The highest BCUT2D eigenvalue weighted by Gasteiger charge is 2.12. The number of esters is 2. The van der Waals surface area contributed by atoms with Crippen molar-refractivity contribution >= 4 is 23.5 Å². The van der Waals surface area contributed by atoms with Crippen molar-refractivity contribution in [2.45, 2.75) is 71.1 Å². The molecule has 26 heavy (non-hydrogen) atoms. The Morgan fingerprint density at radius 1 is 0.923 bits per heavy atom. The molecule has 1 aromatic carbocycles. The molecule has 5 heteroatoms. The van der Waals surface area contributed by atoms with E-state index in [1.165, 1.54) is 6.42 Å². The molecule has 0 aliphatic carbocycles. The molecule has 0 bridgehead atoms. The van der Waals surface area contributed by atoms with E-state index in [9.17, 15) is 9.59 Å². The minimum Gasteiger partial charge on any atom is -0.466 e. The highest BCUT2D eigenvalue weighted by atomic mass is 35.5. The van der Waals surface area contributed by atoms with Gasteiger partial charge in [-0.05, 0) is 30.9 Å². The third kappa shape index (κ3) is 10.4. The second-order valence-corrected chi connectivity index (χ2v) is 6.74. The number of ether oxygens (including phenoxy) is 2. The molecule has 4 nitrogen and oxygen atoms in total. The van der Waals surface area contributed by atoms with Crippen LogP contribution < -0.4 is 4.74 Å². The summed E-state index contributed by atoms with van der Waals surface area (Å²) in [5.41, 5.74) is 1.01. The van der Waals surface area contributed by atoms with Gasteiger partial charge in [-0.25, -0.2) is 0 Å². The maximum absolute atomic E-state index is 11.9. The van der Waals surface area contributed by atoms with Crippen LogP contribution in [0.1, 0.15) is 70.3 Å². The molecule has 0 spiro atoms. The first-order valence-corrected chi connectivity index (χ1v) is 10.2. The van der Waals surface area contributed by atoms with E-state index in [4.69, 9.17) is 21.1 Å². The van der Waals surface area contributed by atoms with Gasteiger partial charge in [0.1, 0.15) is 5.75 Å². The fraction of sp³-hybridized carbons (Fsp3) is 0.619.